The fourth-order valence-corrected chi connectivity index (χ4v) is 2.83. The maximum atomic E-state index is 9.46. The zero-order chi connectivity index (χ0) is 18.3. The second-order valence-electron chi connectivity index (χ2n) is 8.08. The van der Waals surface area contributed by atoms with Crippen LogP contribution in [0.15, 0.2) is 60.7 Å². The van der Waals surface area contributed by atoms with Gasteiger partial charge in [-0.15, -0.1) is 0 Å². The number of aliphatic hydroxyl groups excluding tert-OH is 1. The van der Waals surface area contributed by atoms with E-state index in [0.717, 1.165) is 13.0 Å². The van der Waals surface area contributed by atoms with Gasteiger partial charge in [0.25, 0.3) is 0 Å². The second kappa shape index (κ2) is 8.61. The predicted octanol–water partition coefficient (Wildman–Crippen LogP) is 3.70. The Bertz CT molecular complexity index is 623. The molecule has 3 N–H and O–H groups in total. The summed E-state index contributed by atoms with van der Waals surface area (Å²) in [7, 11) is 0. The summed E-state index contributed by atoms with van der Waals surface area (Å²) >= 11 is 0. The van der Waals surface area contributed by atoms with Crippen molar-refractivity contribution >= 4 is 0 Å². The molecule has 2 aromatic rings. The smallest absolute Gasteiger partial charge is 0.0607 e. The van der Waals surface area contributed by atoms with E-state index in [2.05, 4.69) is 85.1 Å². The maximum absolute atomic E-state index is 9.46. The molecule has 0 radical (unpaired) electrons. The van der Waals surface area contributed by atoms with Gasteiger partial charge in [0, 0.05) is 23.7 Å². The summed E-state index contributed by atoms with van der Waals surface area (Å²) in [4.78, 5) is 0. The minimum absolute atomic E-state index is 0.109. The molecule has 0 aliphatic heterocycles. The third kappa shape index (κ3) is 6.62. The van der Waals surface area contributed by atoms with E-state index in [1.807, 2.05) is 13.8 Å². The molecule has 3 nitrogen and oxygen atoms in total. The van der Waals surface area contributed by atoms with Gasteiger partial charge >= 0.3 is 0 Å². The SMILES string of the molecule is CC(C)(CO)NCC(C)(C)N[C@@H](Cc1ccccc1)c1ccccc1. The Kier molecular flexibility index (Phi) is 6.77. The first-order valence-electron chi connectivity index (χ1n) is 9.04. The molecule has 0 saturated heterocycles. The van der Waals surface area contributed by atoms with Crippen LogP contribution in [0.1, 0.15) is 44.9 Å². The lowest BCUT2D eigenvalue weighted by Crippen LogP contribution is -2.55. The van der Waals surface area contributed by atoms with E-state index in [-0.39, 0.29) is 23.7 Å². The lowest BCUT2D eigenvalue weighted by atomic mass is 9.94. The first-order valence-corrected chi connectivity index (χ1v) is 9.04. The predicted molar refractivity (Wildman–Crippen MR) is 106 cm³/mol. The highest BCUT2D eigenvalue weighted by Gasteiger charge is 2.26. The van der Waals surface area contributed by atoms with Crippen molar-refractivity contribution in [1.29, 1.82) is 0 Å². The molecule has 1 atom stereocenters. The van der Waals surface area contributed by atoms with Crippen LogP contribution in [0.2, 0.25) is 0 Å². The standard InChI is InChI=1S/C22H32N2O/c1-21(2,16-23-22(3,4)17-25)24-20(19-13-9-6-10-14-19)15-18-11-7-5-8-12-18/h5-14,20,23-25H,15-17H2,1-4H3/t20-/m0/s1. The molecule has 136 valence electrons. The van der Waals surface area contributed by atoms with E-state index in [1.54, 1.807) is 0 Å². The van der Waals surface area contributed by atoms with Gasteiger partial charge in [-0.25, -0.2) is 0 Å². The molecule has 0 amide bonds. The van der Waals surface area contributed by atoms with Gasteiger partial charge in [0.2, 0.25) is 0 Å². The summed E-state index contributed by atoms with van der Waals surface area (Å²) in [5.74, 6) is 0. The molecule has 2 aromatic carbocycles. The van der Waals surface area contributed by atoms with Gasteiger partial charge in [-0.2, -0.15) is 0 Å². The highest BCUT2D eigenvalue weighted by atomic mass is 16.3. The number of hydrogen-bond donors (Lipinski definition) is 3. The van der Waals surface area contributed by atoms with Crippen molar-refractivity contribution in [2.75, 3.05) is 13.2 Å². The molecule has 0 heterocycles. The van der Waals surface area contributed by atoms with Crippen molar-refractivity contribution in [1.82, 2.24) is 10.6 Å². The van der Waals surface area contributed by atoms with Crippen molar-refractivity contribution < 1.29 is 5.11 Å². The van der Waals surface area contributed by atoms with Crippen LogP contribution in [-0.4, -0.2) is 29.3 Å². The van der Waals surface area contributed by atoms with E-state index in [1.165, 1.54) is 11.1 Å². The fourth-order valence-electron chi connectivity index (χ4n) is 2.83. The monoisotopic (exact) mass is 340 g/mol. The van der Waals surface area contributed by atoms with Gasteiger partial charge in [0.05, 0.1) is 6.61 Å². The highest BCUT2D eigenvalue weighted by Crippen LogP contribution is 2.21. The van der Waals surface area contributed by atoms with Crippen molar-refractivity contribution in [2.24, 2.45) is 0 Å². The molecule has 2 rings (SSSR count). The summed E-state index contributed by atoms with van der Waals surface area (Å²) in [6, 6.07) is 21.4. The van der Waals surface area contributed by atoms with Crippen LogP contribution >= 0.6 is 0 Å². The van der Waals surface area contributed by atoms with Crippen molar-refractivity contribution in [3.05, 3.63) is 71.8 Å². The van der Waals surface area contributed by atoms with Crippen LogP contribution < -0.4 is 10.6 Å². The molecule has 0 fully saturated rings. The Balaban J connectivity index is 2.12. The van der Waals surface area contributed by atoms with E-state index in [9.17, 15) is 5.11 Å². The lowest BCUT2D eigenvalue weighted by Gasteiger charge is -2.36. The van der Waals surface area contributed by atoms with Gasteiger partial charge in [-0.1, -0.05) is 60.7 Å². The molecular weight excluding hydrogens is 308 g/mol. The van der Waals surface area contributed by atoms with Crippen molar-refractivity contribution in [3.63, 3.8) is 0 Å². The molecule has 0 aliphatic rings. The van der Waals surface area contributed by atoms with Gasteiger partial charge in [-0.05, 0) is 45.2 Å². The minimum atomic E-state index is -0.277. The largest absolute Gasteiger partial charge is 0.394 e. The maximum Gasteiger partial charge on any atom is 0.0607 e. The van der Waals surface area contributed by atoms with Crippen LogP contribution in [0.5, 0.6) is 0 Å². The van der Waals surface area contributed by atoms with Gasteiger partial charge in [0.1, 0.15) is 0 Å². The van der Waals surface area contributed by atoms with Crippen LogP contribution in [-0.2, 0) is 6.42 Å². The molecule has 0 bridgehead atoms. The third-order valence-corrected chi connectivity index (χ3v) is 4.45. The third-order valence-electron chi connectivity index (χ3n) is 4.45. The van der Waals surface area contributed by atoms with Crippen molar-refractivity contribution in [3.8, 4) is 0 Å². The number of nitrogens with one attached hydrogen (secondary N) is 2. The topological polar surface area (TPSA) is 44.3 Å². The normalized spacial score (nSPS) is 13.6. The molecule has 0 unspecified atom stereocenters. The average molecular weight is 341 g/mol. The Morgan fingerprint density at radius 2 is 1.40 bits per heavy atom. The van der Waals surface area contributed by atoms with Gasteiger partial charge in [-0.3, -0.25) is 0 Å². The fraction of sp³-hybridized carbons (Fsp3) is 0.455. The molecule has 3 heteroatoms. The quantitative estimate of drug-likeness (QED) is 0.652. The Morgan fingerprint density at radius 1 is 0.840 bits per heavy atom. The van der Waals surface area contributed by atoms with Crippen LogP contribution in [0, 0.1) is 0 Å². The zero-order valence-corrected chi connectivity index (χ0v) is 15.9. The lowest BCUT2D eigenvalue weighted by molar-refractivity contribution is 0.174. The van der Waals surface area contributed by atoms with E-state index < -0.39 is 0 Å². The van der Waals surface area contributed by atoms with E-state index in [0.29, 0.717) is 0 Å². The van der Waals surface area contributed by atoms with Gasteiger partial charge in [0.15, 0.2) is 0 Å². The summed E-state index contributed by atoms with van der Waals surface area (Å²) in [5, 5.41) is 16.7. The summed E-state index contributed by atoms with van der Waals surface area (Å²) in [6.45, 7) is 9.33. The molecule has 0 spiro atoms. The summed E-state index contributed by atoms with van der Waals surface area (Å²) < 4.78 is 0. The van der Waals surface area contributed by atoms with Crippen LogP contribution in [0.4, 0.5) is 0 Å². The zero-order valence-electron chi connectivity index (χ0n) is 15.9. The Hall–Kier alpha value is -1.68. The Morgan fingerprint density at radius 3 is 1.96 bits per heavy atom. The number of aliphatic hydroxyl groups is 1. The van der Waals surface area contributed by atoms with Crippen LogP contribution in [0.3, 0.4) is 0 Å². The highest BCUT2D eigenvalue weighted by molar-refractivity contribution is 5.24. The molecule has 25 heavy (non-hydrogen) atoms. The first kappa shape index (κ1) is 19.6. The van der Waals surface area contributed by atoms with Gasteiger partial charge < -0.3 is 15.7 Å². The Labute approximate surface area is 152 Å². The average Bonchev–Trinajstić information content (AvgIpc) is 2.61. The summed E-state index contributed by atoms with van der Waals surface area (Å²) in [5.41, 5.74) is 2.23. The first-order chi connectivity index (χ1) is 11.8. The molecule has 0 aromatic heterocycles. The number of rotatable bonds is 9. The molecule has 0 aliphatic carbocycles. The molecular formula is C22H32N2O. The minimum Gasteiger partial charge on any atom is -0.394 e. The number of hydrogen-bond acceptors (Lipinski definition) is 3. The second-order valence-corrected chi connectivity index (χ2v) is 8.08. The molecule has 0 saturated carbocycles. The van der Waals surface area contributed by atoms with E-state index >= 15 is 0 Å². The van der Waals surface area contributed by atoms with Crippen LogP contribution in [0.25, 0.3) is 0 Å². The van der Waals surface area contributed by atoms with E-state index in [4.69, 9.17) is 0 Å². The number of benzene rings is 2. The summed E-state index contributed by atoms with van der Waals surface area (Å²) in [6.07, 6.45) is 0.942. The van der Waals surface area contributed by atoms with Crippen molar-refractivity contribution in [2.45, 2.75) is 51.2 Å².